The molecule has 17 heavy (non-hydrogen) atoms. The van der Waals surface area contributed by atoms with Crippen molar-refractivity contribution in [2.24, 2.45) is 5.92 Å². The van der Waals surface area contributed by atoms with Crippen LogP contribution in [-0.2, 0) is 15.1 Å². The Morgan fingerprint density at radius 2 is 2.18 bits per heavy atom. The van der Waals surface area contributed by atoms with Gasteiger partial charge in [-0.15, -0.1) is 0 Å². The van der Waals surface area contributed by atoms with Crippen molar-refractivity contribution in [3.05, 3.63) is 29.6 Å². The fourth-order valence-electron chi connectivity index (χ4n) is 3.09. The normalized spacial score (nSPS) is 36.1. The van der Waals surface area contributed by atoms with Gasteiger partial charge < -0.3 is 9.47 Å². The topological polar surface area (TPSA) is 31.4 Å². The molecule has 92 valence electrons. The molecule has 1 atom stereocenters. The fourth-order valence-corrected chi connectivity index (χ4v) is 3.09. The molecule has 2 aliphatic rings. The first-order valence-electron chi connectivity index (χ1n) is 6.41. The smallest absolute Gasteiger partial charge is 0.202 e. The van der Waals surface area contributed by atoms with E-state index in [2.05, 4.69) is 18.0 Å². The second kappa shape index (κ2) is 4.07. The molecule has 3 rings (SSSR count). The molecular formula is C14H19NO2. The number of methoxy groups -OCH3 is 1. The Morgan fingerprint density at radius 1 is 1.41 bits per heavy atom. The number of hydrogen-bond acceptors (Lipinski definition) is 3. The van der Waals surface area contributed by atoms with E-state index in [9.17, 15) is 0 Å². The van der Waals surface area contributed by atoms with Crippen molar-refractivity contribution in [1.82, 2.24) is 4.98 Å². The maximum Gasteiger partial charge on any atom is 0.202 e. The lowest BCUT2D eigenvalue weighted by Gasteiger charge is -2.36. The van der Waals surface area contributed by atoms with Crippen LogP contribution in [0.1, 0.15) is 50.2 Å². The number of ether oxygens (including phenoxy) is 2. The predicted molar refractivity (Wildman–Crippen MR) is 64.4 cm³/mol. The summed E-state index contributed by atoms with van der Waals surface area (Å²) in [7, 11) is 1.69. The summed E-state index contributed by atoms with van der Waals surface area (Å²) in [6.45, 7) is 2.32. The Hall–Kier alpha value is -0.930. The molecule has 1 aromatic rings. The van der Waals surface area contributed by atoms with Gasteiger partial charge in [0.1, 0.15) is 5.69 Å². The van der Waals surface area contributed by atoms with Gasteiger partial charge in [0.2, 0.25) is 6.29 Å². The first-order valence-corrected chi connectivity index (χ1v) is 6.41. The molecule has 3 nitrogen and oxygen atoms in total. The third kappa shape index (κ3) is 1.69. The first kappa shape index (κ1) is 11.2. The van der Waals surface area contributed by atoms with Gasteiger partial charge in [-0.05, 0) is 37.7 Å². The lowest BCUT2D eigenvalue weighted by molar-refractivity contribution is -0.201. The van der Waals surface area contributed by atoms with Crippen LogP contribution in [0.15, 0.2) is 18.3 Å². The number of fused-ring (bicyclic) bond motifs is 2. The van der Waals surface area contributed by atoms with Crippen LogP contribution in [0.25, 0.3) is 0 Å². The molecule has 1 fully saturated rings. The summed E-state index contributed by atoms with van der Waals surface area (Å²) < 4.78 is 11.6. The summed E-state index contributed by atoms with van der Waals surface area (Å²) in [6.07, 6.45) is 6.17. The summed E-state index contributed by atoms with van der Waals surface area (Å²) in [6, 6.07) is 4.15. The molecule has 0 saturated heterocycles. The highest BCUT2D eigenvalue weighted by Crippen LogP contribution is 2.51. The Bertz CT molecular complexity index is 410. The molecule has 0 amide bonds. The van der Waals surface area contributed by atoms with Crippen molar-refractivity contribution in [3.63, 3.8) is 0 Å². The van der Waals surface area contributed by atoms with E-state index in [4.69, 9.17) is 9.47 Å². The highest BCUT2D eigenvalue weighted by molar-refractivity contribution is 5.32. The van der Waals surface area contributed by atoms with E-state index < -0.39 is 0 Å². The second-order valence-electron chi connectivity index (χ2n) is 5.30. The van der Waals surface area contributed by atoms with Crippen molar-refractivity contribution >= 4 is 0 Å². The van der Waals surface area contributed by atoms with Gasteiger partial charge in [0, 0.05) is 18.9 Å². The van der Waals surface area contributed by atoms with Crippen molar-refractivity contribution in [3.8, 4) is 0 Å². The molecule has 1 unspecified atom stereocenters. The van der Waals surface area contributed by atoms with Gasteiger partial charge in [0.05, 0.1) is 5.60 Å². The molecular weight excluding hydrogens is 214 g/mol. The van der Waals surface area contributed by atoms with Crippen LogP contribution >= 0.6 is 0 Å². The van der Waals surface area contributed by atoms with E-state index in [0.29, 0.717) is 0 Å². The van der Waals surface area contributed by atoms with Crippen LogP contribution in [0.4, 0.5) is 0 Å². The minimum Gasteiger partial charge on any atom is -0.350 e. The number of rotatable bonds is 1. The van der Waals surface area contributed by atoms with Gasteiger partial charge in [0.15, 0.2) is 0 Å². The summed E-state index contributed by atoms with van der Waals surface area (Å²) in [5.41, 5.74) is 2.10. The number of hydrogen-bond donors (Lipinski definition) is 0. The number of pyridine rings is 1. The van der Waals surface area contributed by atoms with E-state index in [1.54, 1.807) is 7.11 Å². The largest absolute Gasteiger partial charge is 0.350 e. The zero-order valence-corrected chi connectivity index (χ0v) is 10.5. The van der Waals surface area contributed by atoms with Crippen LogP contribution < -0.4 is 0 Å². The van der Waals surface area contributed by atoms with Gasteiger partial charge in [-0.1, -0.05) is 13.0 Å². The quantitative estimate of drug-likeness (QED) is 0.746. The van der Waals surface area contributed by atoms with Crippen LogP contribution in [0.5, 0.6) is 0 Å². The van der Waals surface area contributed by atoms with Crippen LogP contribution in [0.3, 0.4) is 0 Å². The molecule has 1 saturated carbocycles. The van der Waals surface area contributed by atoms with Crippen molar-refractivity contribution in [1.29, 1.82) is 0 Å². The minimum atomic E-state index is -0.278. The number of nitrogens with zero attached hydrogens (tertiary/aromatic N) is 1. The standard InChI is InChI=1S/C14H19NO2/c1-10-5-7-14(8-6-10)11-4-3-9-15-12(11)13(16-2)17-14/h3-4,9-10,13H,5-8H2,1-2H3. The third-order valence-corrected chi connectivity index (χ3v) is 4.18. The average Bonchev–Trinajstić information content (AvgIpc) is 2.68. The summed E-state index contributed by atoms with van der Waals surface area (Å²) in [5.74, 6) is 0.811. The molecule has 0 bridgehead atoms. The Balaban J connectivity index is 1.98. The maximum atomic E-state index is 6.17. The molecule has 1 spiro atoms. The van der Waals surface area contributed by atoms with E-state index >= 15 is 0 Å². The molecule has 1 aliphatic heterocycles. The van der Waals surface area contributed by atoms with Gasteiger partial charge in [0.25, 0.3) is 0 Å². The minimum absolute atomic E-state index is 0.128. The number of aromatic nitrogens is 1. The molecule has 0 radical (unpaired) electrons. The average molecular weight is 233 g/mol. The Labute approximate surface area is 102 Å². The highest BCUT2D eigenvalue weighted by atomic mass is 16.7. The fraction of sp³-hybridized carbons (Fsp3) is 0.643. The summed E-state index contributed by atoms with van der Waals surface area (Å²) in [5, 5.41) is 0. The van der Waals surface area contributed by atoms with E-state index in [0.717, 1.165) is 24.5 Å². The Kier molecular flexibility index (Phi) is 2.68. The molecule has 0 aromatic carbocycles. The van der Waals surface area contributed by atoms with Gasteiger partial charge in [-0.25, -0.2) is 0 Å². The predicted octanol–water partition coefficient (Wildman–Crippen LogP) is 3.16. The van der Waals surface area contributed by atoms with Crippen molar-refractivity contribution < 1.29 is 9.47 Å². The van der Waals surface area contributed by atoms with Crippen LogP contribution in [0, 0.1) is 5.92 Å². The molecule has 1 aromatic heterocycles. The van der Waals surface area contributed by atoms with Gasteiger partial charge >= 0.3 is 0 Å². The van der Waals surface area contributed by atoms with E-state index in [1.807, 2.05) is 12.3 Å². The SMILES string of the molecule is COC1OC2(CCC(C)CC2)c2cccnc21. The molecule has 2 heterocycles. The molecule has 1 aliphatic carbocycles. The first-order chi connectivity index (χ1) is 8.25. The molecule has 3 heteroatoms. The Morgan fingerprint density at radius 3 is 2.88 bits per heavy atom. The van der Waals surface area contributed by atoms with Crippen molar-refractivity contribution in [2.75, 3.05) is 7.11 Å². The summed E-state index contributed by atoms with van der Waals surface area (Å²) >= 11 is 0. The van der Waals surface area contributed by atoms with Crippen LogP contribution in [-0.4, -0.2) is 12.1 Å². The summed E-state index contributed by atoms with van der Waals surface area (Å²) in [4.78, 5) is 4.43. The second-order valence-corrected chi connectivity index (χ2v) is 5.30. The maximum absolute atomic E-state index is 6.17. The zero-order chi connectivity index (χ0) is 11.9. The van der Waals surface area contributed by atoms with Gasteiger partial charge in [-0.3, -0.25) is 4.98 Å². The zero-order valence-electron chi connectivity index (χ0n) is 10.5. The van der Waals surface area contributed by atoms with Gasteiger partial charge in [-0.2, -0.15) is 0 Å². The lowest BCUT2D eigenvalue weighted by Crippen LogP contribution is -2.31. The monoisotopic (exact) mass is 233 g/mol. The van der Waals surface area contributed by atoms with Crippen LogP contribution in [0.2, 0.25) is 0 Å². The van der Waals surface area contributed by atoms with E-state index in [1.165, 1.54) is 18.4 Å². The van der Waals surface area contributed by atoms with E-state index in [-0.39, 0.29) is 11.9 Å². The molecule has 0 N–H and O–H groups in total. The van der Waals surface area contributed by atoms with Crippen molar-refractivity contribution in [2.45, 2.75) is 44.5 Å². The third-order valence-electron chi connectivity index (χ3n) is 4.18. The lowest BCUT2D eigenvalue weighted by atomic mass is 9.76. The highest BCUT2D eigenvalue weighted by Gasteiger charge is 2.47.